The van der Waals surface area contributed by atoms with Gasteiger partial charge in [0.05, 0.1) is 6.10 Å². The maximum atomic E-state index is 13.9. The van der Waals surface area contributed by atoms with Crippen LogP contribution in [-0.2, 0) is 4.74 Å². The fraction of sp³-hybridized carbons (Fsp3) is 0.500. The van der Waals surface area contributed by atoms with Gasteiger partial charge in [0.1, 0.15) is 11.9 Å². The number of ether oxygens (including phenoxy) is 1. The summed E-state index contributed by atoms with van der Waals surface area (Å²) in [7, 11) is 0. The van der Waals surface area contributed by atoms with Crippen LogP contribution in [0.4, 0.5) is 4.39 Å². The number of halogens is 1. The van der Waals surface area contributed by atoms with Gasteiger partial charge in [-0.05, 0) is 57.3 Å². The third kappa shape index (κ3) is 3.91. The van der Waals surface area contributed by atoms with E-state index in [1.54, 1.807) is 12.1 Å². The monoisotopic (exact) mass is 337 g/mol. The number of piperidine rings is 1. The van der Waals surface area contributed by atoms with Crippen LogP contribution in [0.15, 0.2) is 27.6 Å². The average molecular weight is 337 g/mol. The highest BCUT2D eigenvalue weighted by Crippen LogP contribution is 2.26. The molecule has 124 valence electrons. The molecule has 3 rings (SSSR count). The lowest BCUT2D eigenvalue weighted by molar-refractivity contribution is -0.0326. The summed E-state index contributed by atoms with van der Waals surface area (Å²) in [5.74, 6) is 0.528. The smallest absolute Gasteiger partial charge is 0.255 e. The highest BCUT2D eigenvalue weighted by atomic mass is 32.2. The first-order chi connectivity index (χ1) is 11.2. The minimum Gasteiger partial charge on any atom is -0.365 e. The molecule has 23 heavy (non-hydrogen) atoms. The third-order valence-electron chi connectivity index (χ3n) is 3.88. The van der Waals surface area contributed by atoms with Crippen molar-refractivity contribution in [1.29, 1.82) is 0 Å². The van der Waals surface area contributed by atoms with Crippen LogP contribution in [0, 0.1) is 5.82 Å². The summed E-state index contributed by atoms with van der Waals surface area (Å²) in [4.78, 5) is 4.95. The van der Waals surface area contributed by atoms with Crippen molar-refractivity contribution in [3.8, 4) is 11.4 Å². The Balaban J connectivity index is 1.70. The molecule has 1 unspecified atom stereocenters. The van der Waals surface area contributed by atoms with Crippen LogP contribution in [-0.4, -0.2) is 35.6 Å². The number of aromatic nitrogens is 2. The highest BCUT2D eigenvalue weighted by Gasteiger charge is 2.22. The predicted octanol–water partition coefficient (Wildman–Crippen LogP) is 3.43. The Morgan fingerprint density at radius 3 is 2.87 bits per heavy atom. The SMILES string of the molecule is CSc1ccc(-c2noc(C(C)OC3CCNCC3)n2)cc1F. The molecule has 0 radical (unpaired) electrons. The fourth-order valence-corrected chi connectivity index (χ4v) is 3.06. The van der Waals surface area contributed by atoms with Crippen molar-refractivity contribution in [3.63, 3.8) is 0 Å². The quantitative estimate of drug-likeness (QED) is 0.844. The Hall–Kier alpha value is -1.44. The van der Waals surface area contributed by atoms with Gasteiger partial charge in [0, 0.05) is 10.5 Å². The first-order valence-corrected chi connectivity index (χ1v) is 8.93. The van der Waals surface area contributed by atoms with E-state index in [1.165, 1.54) is 17.8 Å². The molecule has 1 fully saturated rings. The average Bonchev–Trinajstić information content (AvgIpc) is 3.06. The Kier molecular flexibility index (Phi) is 5.30. The Morgan fingerprint density at radius 1 is 1.39 bits per heavy atom. The molecule has 5 nitrogen and oxygen atoms in total. The first kappa shape index (κ1) is 16.4. The van der Waals surface area contributed by atoms with Gasteiger partial charge < -0.3 is 14.6 Å². The van der Waals surface area contributed by atoms with Gasteiger partial charge in [-0.25, -0.2) is 4.39 Å². The molecule has 7 heteroatoms. The second-order valence-electron chi connectivity index (χ2n) is 5.53. The second kappa shape index (κ2) is 7.42. The molecule has 1 saturated heterocycles. The van der Waals surface area contributed by atoms with E-state index in [2.05, 4.69) is 15.5 Å². The van der Waals surface area contributed by atoms with Gasteiger partial charge >= 0.3 is 0 Å². The summed E-state index contributed by atoms with van der Waals surface area (Å²) >= 11 is 1.36. The van der Waals surface area contributed by atoms with Crippen LogP contribution in [0.2, 0.25) is 0 Å². The molecule has 0 bridgehead atoms. The van der Waals surface area contributed by atoms with E-state index in [9.17, 15) is 4.39 Å². The van der Waals surface area contributed by atoms with E-state index in [-0.39, 0.29) is 18.0 Å². The third-order valence-corrected chi connectivity index (χ3v) is 4.65. The minimum atomic E-state index is -0.277. The minimum absolute atomic E-state index is 0.208. The number of thioether (sulfide) groups is 1. The van der Waals surface area contributed by atoms with Crippen molar-refractivity contribution < 1.29 is 13.7 Å². The van der Waals surface area contributed by atoms with Crippen LogP contribution < -0.4 is 5.32 Å². The number of hydrogen-bond donors (Lipinski definition) is 1. The van der Waals surface area contributed by atoms with Crippen molar-refractivity contribution in [2.24, 2.45) is 0 Å². The number of rotatable bonds is 5. The second-order valence-corrected chi connectivity index (χ2v) is 6.38. The van der Waals surface area contributed by atoms with Gasteiger partial charge in [-0.1, -0.05) is 5.16 Å². The molecular formula is C16H20FN3O2S. The zero-order chi connectivity index (χ0) is 16.2. The van der Waals surface area contributed by atoms with Crippen molar-refractivity contribution in [2.45, 2.75) is 36.9 Å². The van der Waals surface area contributed by atoms with E-state index < -0.39 is 0 Å². The zero-order valence-corrected chi connectivity index (χ0v) is 14.0. The molecule has 0 spiro atoms. The fourth-order valence-electron chi connectivity index (χ4n) is 2.60. The number of nitrogens with one attached hydrogen (secondary N) is 1. The van der Waals surface area contributed by atoms with Crippen LogP contribution in [0.1, 0.15) is 31.8 Å². The van der Waals surface area contributed by atoms with Gasteiger partial charge in [-0.2, -0.15) is 4.98 Å². The Bertz CT molecular complexity index is 659. The van der Waals surface area contributed by atoms with E-state index in [0.717, 1.165) is 25.9 Å². The van der Waals surface area contributed by atoms with Crippen LogP contribution >= 0.6 is 11.8 Å². The van der Waals surface area contributed by atoms with Crippen molar-refractivity contribution in [2.75, 3.05) is 19.3 Å². The lowest BCUT2D eigenvalue weighted by Gasteiger charge is -2.24. The molecule has 0 amide bonds. The largest absolute Gasteiger partial charge is 0.365 e. The maximum Gasteiger partial charge on any atom is 0.255 e. The molecule has 1 aliphatic rings. The van der Waals surface area contributed by atoms with E-state index >= 15 is 0 Å². The van der Waals surface area contributed by atoms with Gasteiger partial charge in [0.15, 0.2) is 0 Å². The maximum absolute atomic E-state index is 13.9. The summed E-state index contributed by atoms with van der Waals surface area (Å²) in [5, 5.41) is 7.24. The van der Waals surface area contributed by atoms with E-state index in [0.29, 0.717) is 22.2 Å². The summed E-state index contributed by atoms with van der Waals surface area (Å²) in [6.45, 7) is 3.83. The van der Waals surface area contributed by atoms with Crippen molar-refractivity contribution >= 4 is 11.8 Å². The van der Waals surface area contributed by atoms with Crippen molar-refractivity contribution in [1.82, 2.24) is 15.5 Å². The lowest BCUT2D eigenvalue weighted by Crippen LogP contribution is -2.33. The number of nitrogens with zero attached hydrogens (tertiary/aromatic N) is 2. The molecular weight excluding hydrogens is 317 g/mol. The first-order valence-electron chi connectivity index (χ1n) is 7.71. The molecule has 1 aromatic heterocycles. The molecule has 2 aromatic rings. The normalized spacial score (nSPS) is 17.3. The Morgan fingerprint density at radius 2 is 2.17 bits per heavy atom. The topological polar surface area (TPSA) is 60.2 Å². The summed E-state index contributed by atoms with van der Waals surface area (Å²) in [5.41, 5.74) is 0.601. The Labute approximate surface area is 139 Å². The van der Waals surface area contributed by atoms with Crippen molar-refractivity contribution in [3.05, 3.63) is 29.9 Å². The number of benzene rings is 1. The van der Waals surface area contributed by atoms with Gasteiger partial charge in [-0.3, -0.25) is 0 Å². The molecule has 1 aromatic carbocycles. The molecule has 1 aliphatic heterocycles. The van der Waals surface area contributed by atoms with E-state index in [4.69, 9.17) is 9.26 Å². The van der Waals surface area contributed by atoms with Gasteiger partial charge in [0.25, 0.3) is 5.89 Å². The van der Waals surface area contributed by atoms with Crippen LogP contribution in [0.3, 0.4) is 0 Å². The predicted molar refractivity (Wildman–Crippen MR) is 86.9 cm³/mol. The zero-order valence-electron chi connectivity index (χ0n) is 13.2. The lowest BCUT2D eigenvalue weighted by atomic mass is 10.1. The molecule has 1 N–H and O–H groups in total. The summed E-state index contributed by atoms with van der Waals surface area (Å²) in [6.07, 6.45) is 3.73. The molecule has 2 heterocycles. The van der Waals surface area contributed by atoms with Crippen LogP contribution in [0.5, 0.6) is 0 Å². The summed E-state index contributed by atoms with van der Waals surface area (Å²) < 4.78 is 25.1. The highest BCUT2D eigenvalue weighted by molar-refractivity contribution is 7.98. The van der Waals surface area contributed by atoms with Crippen LogP contribution in [0.25, 0.3) is 11.4 Å². The van der Waals surface area contributed by atoms with Gasteiger partial charge in [0.2, 0.25) is 5.82 Å². The summed E-state index contributed by atoms with van der Waals surface area (Å²) in [6, 6.07) is 4.95. The van der Waals surface area contributed by atoms with E-state index in [1.807, 2.05) is 13.2 Å². The molecule has 0 saturated carbocycles. The number of hydrogen-bond acceptors (Lipinski definition) is 6. The molecule has 0 aliphatic carbocycles. The molecule has 1 atom stereocenters. The van der Waals surface area contributed by atoms with Gasteiger partial charge in [-0.15, -0.1) is 11.8 Å². The standard InChI is InChI=1S/C16H20FN3O2S/c1-10(21-12-5-7-18-8-6-12)16-19-15(20-22-16)11-3-4-14(23-2)13(17)9-11/h3-4,9-10,12,18H,5-8H2,1-2H3.